The maximum absolute atomic E-state index is 12.0. The van der Waals surface area contributed by atoms with Crippen LogP contribution in [0.15, 0.2) is 36.4 Å². The van der Waals surface area contributed by atoms with Crippen molar-refractivity contribution in [2.75, 3.05) is 12.8 Å². The second-order valence-electron chi connectivity index (χ2n) is 4.31. The zero-order chi connectivity index (χ0) is 15.4. The number of nitrogen functional groups attached to an aromatic ring is 1. The number of hydrogen-bond acceptors (Lipinski definition) is 4. The largest absolute Gasteiger partial charge is 0.497 e. The van der Waals surface area contributed by atoms with Crippen molar-refractivity contribution in [1.29, 1.82) is 0 Å². The highest BCUT2D eigenvalue weighted by molar-refractivity contribution is 6.35. The maximum atomic E-state index is 12.0. The molecule has 6 heteroatoms. The molecule has 2 N–H and O–H groups in total. The smallest absolute Gasteiger partial charge is 0.338 e. The maximum Gasteiger partial charge on any atom is 0.338 e. The number of hydrogen-bond donors (Lipinski definition) is 1. The quantitative estimate of drug-likeness (QED) is 0.683. The summed E-state index contributed by atoms with van der Waals surface area (Å²) in [6.45, 7) is 0.0476. The molecule has 0 unspecified atom stereocenters. The number of nitrogens with two attached hydrogens (primary N) is 1. The highest BCUT2D eigenvalue weighted by Crippen LogP contribution is 2.23. The van der Waals surface area contributed by atoms with Gasteiger partial charge in [0, 0.05) is 27.4 Å². The standard InChI is InChI=1S/C15H13Cl2NO3/c1-20-13-5-10(4-12(18)7-13)15(19)21-8-9-2-3-11(16)6-14(9)17/h2-7H,8,18H2,1H3. The van der Waals surface area contributed by atoms with E-state index in [1.165, 1.54) is 13.2 Å². The summed E-state index contributed by atoms with van der Waals surface area (Å²) < 4.78 is 10.3. The topological polar surface area (TPSA) is 61.5 Å². The summed E-state index contributed by atoms with van der Waals surface area (Å²) in [6.07, 6.45) is 0. The first-order chi connectivity index (χ1) is 9.99. The minimum absolute atomic E-state index is 0.0476. The lowest BCUT2D eigenvalue weighted by Gasteiger charge is -2.09. The van der Waals surface area contributed by atoms with E-state index in [9.17, 15) is 4.79 Å². The van der Waals surface area contributed by atoms with Crippen molar-refractivity contribution >= 4 is 34.9 Å². The molecule has 110 valence electrons. The number of carbonyl (C=O) groups excluding carboxylic acids is 1. The fourth-order valence-electron chi connectivity index (χ4n) is 1.72. The van der Waals surface area contributed by atoms with Gasteiger partial charge in [-0.05, 0) is 24.3 Å². The molecule has 4 nitrogen and oxygen atoms in total. The number of esters is 1. The van der Waals surface area contributed by atoms with Crippen molar-refractivity contribution in [3.8, 4) is 5.75 Å². The molecule has 0 heterocycles. The zero-order valence-electron chi connectivity index (χ0n) is 11.2. The van der Waals surface area contributed by atoms with Gasteiger partial charge in [-0.15, -0.1) is 0 Å². The van der Waals surface area contributed by atoms with Crippen molar-refractivity contribution in [2.45, 2.75) is 6.61 Å². The van der Waals surface area contributed by atoms with E-state index >= 15 is 0 Å². The Bertz CT molecular complexity index is 674. The van der Waals surface area contributed by atoms with Crippen molar-refractivity contribution in [2.24, 2.45) is 0 Å². The van der Waals surface area contributed by atoms with E-state index in [-0.39, 0.29) is 6.61 Å². The van der Waals surface area contributed by atoms with Crippen molar-refractivity contribution in [1.82, 2.24) is 0 Å². The van der Waals surface area contributed by atoms with Crippen LogP contribution in [-0.4, -0.2) is 13.1 Å². The van der Waals surface area contributed by atoms with E-state index in [1.54, 1.807) is 30.3 Å². The molecule has 0 bridgehead atoms. The first-order valence-electron chi connectivity index (χ1n) is 6.05. The van der Waals surface area contributed by atoms with Gasteiger partial charge < -0.3 is 15.2 Å². The molecule has 2 aromatic rings. The predicted octanol–water partition coefficient (Wildman–Crippen LogP) is 3.94. The summed E-state index contributed by atoms with van der Waals surface area (Å²) in [5.41, 5.74) is 7.11. The minimum atomic E-state index is -0.508. The van der Waals surface area contributed by atoms with Gasteiger partial charge in [-0.3, -0.25) is 0 Å². The summed E-state index contributed by atoms with van der Waals surface area (Å²) >= 11 is 11.8. The number of anilines is 1. The number of halogens is 2. The summed E-state index contributed by atoms with van der Waals surface area (Å²) in [6, 6.07) is 9.68. The lowest BCUT2D eigenvalue weighted by Crippen LogP contribution is -2.06. The van der Waals surface area contributed by atoms with Crippen LogP contribution in [0.1, 0.15) is 15.9 Å². The Morgan fingerprint density at radius 2 is 1.95 bits per heavy atom. The Morgan fingerprint density at radius 1 is 1.19 bits per heavy atom. The molecule has 0 aromatic heterocycles. The summed E-state index contributed by atoms with van der Waals surface area (Å²) in [4.78, 5) is 12.0. The van der Waals surface area contributed by atoms with Crippen LogP contribution >= 0.6 is 23.2 Å². The Kier molecular flexibility index (Phi) is 4.94. The average molecular weight is 326 g/mol. The molecular formula is C15H13Cl2NO3. The highest BCUT2D eigenvalue weighted by atomic mass is 35.5. The van der Waals surface area contributed by atoms with Gasteiger partial charge in [-0.25, -0.2) is 4.79 Å². The van der Waals surface area contributed by atoms with Gasteiger partial charge >= 0.3 is 5.97 Å². The predicted molar refractivity (Wildman–Crippen MR) is 83.0 cm³/mol. The van der Waals surface area contributed by atoms with Gasteiger partial charge in [-0.2, -0.15) is 0 Å². The van der Waals surface area contributed by atoms with Crippen LogP contribution in [0.5, 0.6) is 5.75 Å². The van der Waals surface area contributed by atoms with E-state index in [2.05, 4.69) is 0 Å². The van der Waals surface area contributed by atoms with Gasteiger partial charge in [0.05, 0.1) is 12.7 Å². The summed E-state index contributed by atoms with van der Waals surface area (Å²) in [7, 11) is 1.50. The molecule has 0 aliphatic heterocycles. The van der Waals surface area contributed by atoms with Crippen LogP contribution < -0.4 is 10.5 Å². The van der Waals surface area contributed by atoms with E-state index in [1.807, 2.05) is 0 Å². The fraction of sp³-hybridized carbons (Fsp3) is 0.133. The third-order valence-corrected chi connectivity index (χ3v) is 3.36. The van der Waals surface area contributed by atoms with E-state index in [0.717, 1.165) is 0 Å². The van der Waals surface area contributed by atoms with Crippen molar-refractivity contribution < 1.29 is 14.3 Å². The van der Waals surface area contributed by atoms with Gasteiger partial charge in [0.2, 0.25) is 0 Å². The minimum Gasteiger partial charge on any atom is -0.497 e. The molecular weight excluding hydrogens is 313 g/mol. The zero-order valence-corrected chi connectivity index (χ0v) is 12.7. The van der Waals surface area contributed by atoms with E-state index < -0.39 is 5.97 Å². The Labute approximate surface area is 132 Å². The molecule has 0 spiro atoms. The van der Waals surface area contributed by atoms with Crippen molar-refractivity contribution in [3.63, 3.8) is 0 Å². The Balaban J connectivity index is 2.09. The molecule has 21 heavy (non-hydrogen) atoms. The van der Waals surface area contributed by atoms with Crippen LogP contribution in [-0.2, 0) is 11.3 Å². The Hall–Kier alpha value is -1.91. The molecule has 2 rings (SSSR count). The van der Waals surface area contributed by atoms with Gasteiger partial charge in [0.25, 0.3) is 0 Å². The van der Waals surface area contributed by atoms with Crippen molar-refractivity contribution in [3.05, 3.63) is 57.6 Å². The average Bonchev–Trinajstić information content (AvgIpc) is 2.45. The third kappa shape index (κ3) is 4.03. The molecule has 0 amide bonds. The normalized spacial score (nSPS) is 10.2. The molecule has 2 aromatic carbocycles. The first kappa shape index (κ1) is 15.5. The van der Waals surface area contributed by atoms with Gasteiger partial charge in [-0.1, -0.05) is 29.3 Å². The lowest BCUT2D eigenvalue weighted by molar-refractivity contribution is 0.0472. The van der Waals surface area contributed by atoms with Crippen LogP contribution in [0.2, 0.25) is 10.0 Å². The molecule has 0 aliphatic rings. The molecule has 0 radical (unpaired) electrons. The Morgan fingerprint density at radius 3 is 2.62 bits per heavy atom. The molecule has 0 fully saturated rings. The number of ether oxygens (including phenoxy) is 2. The monoisotopic (exact) mass is 325 g/mol. The molecule has 0 saturated carbocycles. The molecule has 0 saturated heterocycles. The van der Waals surface area contributed by atoms with E-state index in [4.69, 9.17) is 38.4 Å². The summed E-state index contributed by atoms with van der Waals surface area (Å²) in [5.74, 6) is -0.0157. The first-order valence-corrected chi connectivity index (χ1v) is 6.81. The second kappa shape index (κ2) is 6.70. The van der Waals surface area contributed by atoms with E-state index in [0.29, 0.717) is 32.6 Å². The molecule has 0 atom stereocenters. The van der Waals surface area contributed by atoms with Crippen LogP contribution in [0.25, 0.3) is 0 Å². The second-order valence-corrected chi connectivity index (χ2v) is 5.15. The van der Waals surface area contributed by atoms with Crippen LogP contribution in [0, 0.1) is 0 Å². The number of rotatable bonds is 4. The highest BCUT2D eigenvalue weighted by Gasteiger charge is 2.11. The third-order valence-electron chi connectivity index (χ3n) is 2.77. The van der Waals surface area contributed by atoms with Crippen LogP contribution in [0.4, 0.5) is 5.69 Å². The van der Waals surface area contributed by atoms with Gasteiger partial charge in [0.1, 0.15) is 12.4 Å². The summed E-state index contributed by atoms with van der Waals surface area (Å²) in [5, 5.41) is 0.969. The van der Waals surface area contributed by atoms with Gasteiger partial charge in [0.15, 0.2) is 0 Å². The number of carbonyl (C=O) groups is 1. The SMILES string of the molecule is COc1cc(N)cc(C(=O)OCc2ccc(Cl)cc2Cl)c1. The lowest BCUT2D eigenvalue weighted by atomic mass is 10.2. The fourth-order valence-corrected chi connectivity index (χ4v) is 2.19. The van der Waals surface area contributed by atoms with Crippen LogP contribution in [0.3, 0.4) is 0 Å². The number of benzene rings is 2. The number of methoxy groups -OCH3 is 1. The molecule has 0 aliphatic carbocycles.